The maximum Gasteiger partial charge on any atom is 0.142 e. The number of hydrogen-bond donors (Lipinski definition) is 1. The Kier molecular flexibility index (Phi) is 3.49. The third kappa shape index (κ3) is 2.68. The highest BCUT2D eigenvalue weighted by molar-refractivity contribution is 5.59. The molecule has 2 aromatic rings. The van der Waals surface area contributed by atoms with E-state index in [9.17, 15) is 0 Å². The average Bonchev–Trinajstić information content (AvgIpc) is 2.39. The molecule has 0 saturated heterocycles. The summed E-state index contributed by atoms with van der Waals surface area (Å²) in [4.78, 5) is 8.49. The van der Waals surface area contributed by atoms with E-state index in [1.165, 1.54) is 5.56 Å². The minimum atomic E-state index is 0.373. The maximum atomic E-state index is 5.54. The molecule has 0 fully saturated rings. The fourth-order valence-electron chi connectivity index (χ4n) is 1.70. The van der Waals surface area contributed by atoms with Gasteiger partial charge in [-0.25, -0.2) is 9.97 Å². The number of nitrogens with two attached hydrogens (primary N) is 1. The molecule has 17 heavy (non-hydrogen) atoms. The molecule has 2 rings (SSSR count). The van der Waals surface area contributed by atoms with Gasteiger partial charge in [0, 0.05) is 11.8 Å². The number of hydrogen-bond acceptors (Lipinski definition) is 3. The van der Waals surface area contributed by atoms with Crippen LogP contribution in [0.4, 0.5) is 0 Å². The summed E-state index contributed by atoms with van der Waals surface area (Å²) < 4.78 is 0. The van der Waals surface area contributed by atoms with E-state index in [1.54, 1.807) is 6.20 Å². The summed E-state index contributed by atoms with van der Waals surface area (Å²) in [6.07, 6.45) is 1.75. The van der Waals surface area contributed by atoms with E-state index in [4.69, 9.17) is 5.73 Å². The molecule has 0 saturated carbocycles. The fraction of sp³-hybridized carbons (Fsp3) is 0.286. The van der Waals surface area contributed by atoms with Crippen molar-refractivity contribution in [1.82, 2.24) is 9.97 Å². The van der Waals surface area contributed by atoms with Gasteiger partial charge in [-0.3, -0.25) is 0 Å². The highest BCUT2D eigenvalue weighted by Crippen LogP contribution is 2.20. The van der Waals surface area contributed by atoms with Crippen LogP contribution >= 0.6 is 0 Å². The average molecular weight is 227 g/mol. The van der Waals surface area contributed by atoms with Crippen LogP contribution in [0.15, 0.2) is 36.5 Å². The molecule has 88 valence electrons. The zero-order valence-electron chi connectivity index (χ0n) is 10.2. The van der Waals surface area contributed by atoms with Gasteiger partial charge >= 0.3 is 0 Å². The van der Waals surface area contributed by atoms with Crippen molar-refractivity contribution in [3.8, 4) is 11.3 Å². The molecule has 0 aliphatic heterocycles. The van der Waals surface area contributed by atoms with Crippen molar-refractivity contribution in [2.75, 3.05) is 0 Å². The van der Waals surface area contributed by atoms with E-state index in [2.05, 4.69) is 48.1 Å². The zero-order chi connectivity index (χ0) is 12.3. The van der Waals surface area contributed by atoms with Crippen molar-refractivity contribution in [3.63, 3.8) is 0 Å². The molecule has 0 atom stereocenters. The lowest BCUT2D eigenvalue weighted by Crippen LogP contribution is -2.03. The lowest BCUT2D eigenvalue weighted by Gasteiger charge is -2.07. The summed E-state index contributed by atoms with van der Waals surface area (Å²) in [5.74, 6) is 1.23. The van der Waals surface area contributed by atoms with Crippen molar-refractivity contribution >= 4 is 0 Å². The molecule has 3 nitrogen and oxygen atoms in total. The molecule has 1 heterocycles. The van der Waals surface area contributed by atoms with Crippen LogP contribution in [0.2, 0.25) is 0 Å². The van der Waals surface area contributed by atoms with E-state index in [0.717, 1.165) is 11.3 Å². The summed E-state index contributed by atoms with van der Waals surface area (Å²) in [5, 5.41) is 0. The Labute approximate surface area is 102 Å². The molecule has 2 N–H and O–H groups in total. The Morgan fingerprint density at radius 3 is 2.41 bits per heavy atom. The molecule has 0 unspecified atom stereocenters. The van der Waals surface area contributed by atoms with E-state index < -0.39 is 0 Å². The Morgan fingerprint density at radius 1 is 1.12 bits per heavy atom. The van der Waals surface area contributed by atoms with E-state index in [0.29, 0.717) is 18.3 Å². The van der Waals surface area contributed by atoms with Crippen LogP contribution < -0.4 is 5.73 Å². The fourth-order valence-corrected chi connectivity index (χ4v) is 1.70. The predicted octanol–water partition coefficient (Wildman–Crippen LogP) is 2.73. The minimum absolute atomic E-state index is 0.373. The molecule has 0 amide bonds. The third-order valence-electron chi connectivity index (χ3n) is 2.76. The second kappa shape index (κ2) is 5.06. The summed E-state index contributed by atoms with van der Waals surface area (Å²) in [6, 6.07) is 10.4. The number of rotatable bonds is 3. The van der Waals surface area contributed by atoms with Gasteiger partial charge in [0.15, 0.2) is 0 Å². The van der Waals surface area contributed by atoms with E-state index >= 15 is 0 Å². The lowest BCUT2D eigenvalue weighted by atomic mass is 10.0. The lowest BCUT2D eigenvalue weighted by molar-refractivity contribution is 0.866. The highest BCUT2D eigenvalue weighted by Gasteiger charge is 2.03. The number of aromatic nitrogens is 2. The second-order valence-electron chi connectivity index (χ2n) is 4.34. The first-order valence-corrected chi connectivity index (χ1v) is 5.83. The Morgan fingerprint density at radius 2 is 1.82 bits per heavy atom. The van der Waals surface area contributed by atoms with Gasteiger partial charge in [0.2, 0.25) is 0 Å². The van der Waals surface area contributed by atoms with Crippen LogP contribution in [-0.2, 0) is 6.54 Å². The van der Waals surface area contributed by atoms with Crippen LogP contribution in [0.5, 0.6) is 0 Å². The minimum Gasteiger partial charge on any atom is -0.324 e. The molecule has 0 radical (unpaired) electrons. The second-order valence-corrected chi connectivity index (χ2v) is 4.34. The standard InChI is InChI=1S/C14H17N3/c1-10(2)11-3-5-12(6-4-11)13-7-8-16-14(9-15)17-13/h3-8,10H,9,15H2,1-2H3. The van der Waals surface area contributed by atoms with Gasteiger partial charge < -0.3 is 5.73 Å². The van der Waals surface area contributed by atoms with Gasteiger partial charge in [0.25, 0.3) is 0 Å². The van der Waals surface area contributed by atoms with Crippen molar-refractivity contribution in [2.45, 2.75) is 26.3 Å². The Balaban J connectivity index is 2.32. The Bertz CT molecular complexity index is 489. The smallest absolute Gasteiger partial charge is 0.142 e. The van der Waals surface area contributed by atoms with Crippen LogP contribution in [0, 0.1) is 0 Å². The van der Waals surface area contributed by atoms with Crippen LogP contribution in [0.1, 0.15) is 31.2 Å². The molecule has 0 aliphatic rings. The normalized spacial score (nSPS) is 10.8. The van der Waals surface area contributed by atoms with Gasteiger partial charge in [-0.15, -0.1) is 0 Å². The number of nitrogens with zero attached hydrogens (tertiary/aromatic N) is 2. The summed E-state index contributed by atoms with van der Waals surface area (Å²) >= 11 is 0. The van der Waals surface area contributed by atoms with Crippen LogP contribution in [0.3, 0.4) is 0 Å². The van der Waals surface area contributed by atoms with Crippen LogP contribution in [-0.4, -0.2) is 9.97 Å². The molecule has 3 heteroatoms. The molecule has 0 aliphatic carbocycles. The molecule has 0 bridgehead atoms. The summed E-state index contributed by atoms with van der Waals surface area (Å²) in [7, 11) is 0. The first kappa shape index (κ1) is 11.7. The largest absolute Gasteiger partial charge is 0.324 e. The number of benzene rings is 1. The van der Waals surface area contributed by atoms with Gasteiger partial charge in [0.05, 0.1) is 12.2 Å². The summed E-state index contributed by atoms with van der Waals surface area (Å²) in [5.41, 5.74) is 8.90. The van der Waals surface area contributed by atoms with Crippen LogP contribution in [0.25, 0.3) is 11.3 Å². The molecular weight excluding hydrogens is 210 g/mol. The van der Waals surface area contributed by atoms with Crippen molar-refractivity contribution in [1.29, 1.82) is 0 Å². The van der Waals surface area contributed by atoms with Crippen molar-refractivity contribution in [2.24, 2.45) is 5.73 Å². The Hall–Kier alpha value is -1.74. The predicted molar refractivity (Wildman–Crippen MR) is 69.4 cm³/mol. The monoisotopic (exact) mass is 227 g/mol. The van der Waals surface area contributed by atoms with Gasteiger partial charge in [-0.1, -0.05) is 38.1 Å². The quantitative estimate of drug-likeness (QED) is 0.877. The maximum absolute atomic E-state index is 5.54. The SMILES string of the molecule is CC(C)c1ccc(-c2ccnc(CN)n2)cc1. The molecule has 1 aromatic heterocycles. The topological polar surface area (TPSA) is 51.8 Å². The van der Waals surface area contributed by atoms with Gasteiger partial charge in [0.1, 0.15) is 5.82 Å². The van der Waals surface area contributed by atoms with Gasteiger partial charge in [-0.2, -0.15) is 0 Å². The van der Waals surface area contributed by atoms with Gasteiger partial charge in [-0.05, 0) is 17.5 Å². The highest BCUT2D eigenvalue weighted by atomic mass is 14.9. The third-order valence-corrected chi connectivity index (χ3v) is 2.76. The molecule has 0 spiro atoms. The van der Waals surface area contributed by atoms with Crippen molar-refractivity contribution in [3.05, 3.63) is 47.9 Å². The summed E-state index contributed by atoms with van der Waals surface area (Å²) in [6.45, 7) is 4.75. The zero-order valence-corrected chi connectivity index (χ0v) is 10.2. The molecular formula is C14H17N3. The van der Waals surface area contributed by atoms with Crippen molar-refractivity contribution < 1.29 is 0 Å². The first-order chi connectivity index (χ1) is 8.20. The van der Waals surface area contributed by atoms with E-state index in [1.807, 2.05) is 6.07 Å². The molecule has 1 aromatic carbocycles. The van der Waals surface area contributed by atoms with E-state index in [-0.39, 0.29) is 0 Å². The first-order valence-electron chi connectivity index (χ1n) is 5.83.